The van der Waals surface area contributed by atoms with Crippen molar-refractivity contribution in [2.24, 2.45) is 7.05 Å². The van der Waals surface area contributed by atoms with E-state index in [4.69, 9.17) is 4.74 Å². The molecule has 1 saturated heterocycles. The third-order valence-electron chi connectivity index (χ3n) is 2.72. The van der Waals surface area contributed by atoms with E-state index in [1.54, 1.807) is 0 Å². The number of aryl methyl sites for hydroxylation is 1. The third-order valence-corrected chi connectivity index (χ3v) is 2.72. The highest BCUT2D eigenvalue weighted by atomic mass is 16.5. The molecule has 1 aliphatic heterocycles. The first-order chi connectivity index (χ1) is 6.20. The van der Waals surface area contributed by atoms with E-state index >= 15 is 0 Å². The molecule has 0 aromatic carbocycles. The highest BCUT2D eigenvalue weighted by Gasteiger charge is 2.29. The van der Waals surface area contributed by atoms with E-state index in [1.807, 2.05) is 24.9 Å². The second kappa shape index (κ2) is 3.12. The third kappa shape index (κ3) is 1.36. The monoisotopic (exact) mass is 182 g/mol. The lowest BCUT2D eigenvalue weighted by Crippen LogP contribution is -2.16. The van der Waals surface area contributed by atoms with Crippen LogP contribution >= 0.6 is 0 Å². The molecule has 2 atom stereocenters. The van der Waals surface area contributed by atoms with Crippen molar-refractivity contribution in [1.82, 2.24) is 9.78 Å². The molecular weight excluding hydrogens is 168 g/mol. The summed E-state index contributed by atoms with van der Waals surface area (Å²) in [5.74, 6) is 0.105. The Balaban J connectivity index is 2.29. The summed E-state index contributed by atoms with van der Waals surface area (Å²) >= 11 is 0. The Hall–Kier alpha value is -0.870. The lowest BCUT2D eigenvalue weighted by molar-refractivity contribution is 0.124. The first kappa shape index (κ1) is 8.72. The van der Waals surface area contributed by atoms with Crippen LogP contribution in [0.15, 0.2) is 6.20 Å². The molecule has 72 valence electrons. The number of rotatable bonds is 1. The van der Waals surface area contributed by atoms with Gasteiger partial charge in [0.05, 0.1) is 25.5 Å². The molecule has 13 heavy (non-hydrogen) atoms. The Kier molecular flexibility index (Phi) is 2.09. The molecule has 2 heterocycles. The molecule has 0 aliphatic carbocycles. The molecule has 1 aromatic rings. The Morgan fingerprint density at radius 2 is 2.38 bits per heavy atom. The van der Waals surface area contributed by atoms with E-state index < -0.39 is 0 Å². The van der Waals surface area contributed by atoms with E-state index in [1.165, 1.54) is 0 Å². The Morgan fingerprint density at radius 1 is 1.62 bits per heavy atom. The first-order valence-corrected chi connectivity index (χ1v) is 4.44. The molecule has 4 nitrogen and oxygen atoms in total. The summed E-state index contributed by atoms with van der Waals surface area (Å²) in [5, 5.41) is 13.8. The van der Waals surface area contributed by atoms with Crippen LogP contribution in [0.1, 0.15) is 17.2 Å². The van der Waals surface area contributed by atoms with Crippen LogP contribution in [0.5, 0.6) is 0 Å². The van der Waals surface area contributed by atoms with Gasteiger partial charge in [-0.15, -0.1) is 0 Å². The molecule has 1 aliphatic rings. The molecule has 4 heteroatoms. The van der Waals surface area contributed by atoms with Crippen LogP contribution in [-0.4, -0.2) is 34.2 Å². The zero-order valence-electron chi connectivity index (χ0n) is 7.90. The summed E-state index contributed by atoms with van der Waals surface area (Å²) in [6.07, 6.45) is 1.45. The van der Waals surface area contributed by atoms with Crippen LogP contribution in [0.25, 0.3) is 0 Å². The minimum atomic E-state index is -0.372. The molecular formula is C9H14N2O2. The van der Waals surface area contributed by atoms with Gasteiger partial charge in [0.1, 0.15) is 0 Å². The highest BCUT2D eigenvalue weighted by molar-refractivity contribution is 5.23. The van der Waals surface area contributed by atoms with E-state index in [-0.39, 0.29) is 12.0 Å². The summed E-state index contributed by atoms with van der Waals surface area (Å²) in [7, 11) is 1.90. The molecule has 1 N–H and O–H groups in total. The van der Waals surface area contributed by atoms with Crippen molar-refractivity contribution in [2.45, 2.75) is 18.9 Å². The highest BCUT2D eigenvalue weighted by Crippen LogP contribution is 2.27. The number of aliphatic hydroxyl groups is 1. The van der Waals surface area contributed by atoms with Crippen molar-refractivity contribution >= 4 is 0 Å². The molecule has 0 radical (unpaired) electrons. The fourth-order valence-electron chi connectivity index (χ4n) is 1.72. The number of nitrogens with zero attached hydrogens (tertiary/aromatic N) is 2. The van der Waals surface area contributed by atoms with Gasteiger partial charge < -0.3 is 9.84 Å². The van der Waals surface area contributed by atoms with E-state index in [9.17, 15) is 5.11 Å². The number of aliphatic hydroxyl groups excluding tert-OH is 1. The number of ether oxygens (including phenoxy) is 1. The van der Waals surface area contributed by atoms with Gasteiger partial charge in [-0.3, -0.25) is 4.68 Å². The van der Waals surface area contributed by atoms with Gasteiger partial charge in [-0.2, -0.15) is 5.10 Å². The van der Waals surface area contributed by atoms with Gasteiger partial charge >= 0.3 is 0 Å². The van der Waals surface area contributed by atoms with Crippen molar-refractivity contribution in [1.29, 1.82) is 0 Å². The van der Waals surface area contributed by atoms with Gasteiger partial charge in [-0.1, -0.05) is 0 Å². The van der Waals surface area contributed by atoms with E-state index in [2.05, 4.69) is 5.10 Å². The van der Waals surface area contributed by atoms with Gasteiger partial charge in [-0.05, 0) is 6.92 Å². The SMILES string of the molecule is Cc1c([C@@H]2COC[C@H]2O)cnn1C. The fourth-order valence-corrected chi connectivity index (χ4v) is 1.72. The maximum absolute atomic E-state index is 9.61. The molecule has 0 saturated carbocycles. The van der Waals surface area contributed by atoms with Crippen molar-refractivity contribution in [3.63, 3.8) is 0 Å². The van der Waals surface area contributed by atoms with Crippen LogP contribution in [-0.2, 0) is 11.8 Å². The van der Waals surface area contributed by atoms with Gasteiger partial charge in [0.15, 0.2) is 0 Å². The lowest BCUT2D eigenvalue weighted by atomic mass is 9.97. The predicted octanol–water partition coefficient (Wildman–Crippen LogP) is 0.203. The number of hydrogen-bond acceptors (Lipinski definition) is 3. The minimum absolute atomic E-state index is 0.105. The molecule has 0 spiro atoms. The van der Waals surface area contributed by atoms with E-state index in [0.717, 1.165) is 11.3 Å². The Labute approximate surface area is 77.1 Å². The van der Waals surface area contributed by atoms with Crippen molar-refractivity contribution in [2.75, 3.05) is 13.2 Å². The number of aromatic nitrogens is 2. The zero-order chi connectivity index (χ0) is 9.42. The van der Waals surface area contributed by atoms with Crippen molar-refractivity contribution < 1.29 is 9.84 Å². The standard InChI is InChI=1S/C9H14N2O2/c1-6-7(3-10-11(6)2)8-4-13-5-9(8)12/h3,8-9,12H,4-5H2,1-2H3/t8-,9+/m0/s1. The lowest BCUT2D eigenvalue weighted by Gasteiger charge is -2.11. The van der Waals surface area contributed by atoms with Crippen LogP contribution in [0.3, 0.4) is 0 Å². The van der Waals surface area contributed by atoms with Crippen molar-refractivity contribution in [3.8, 4) is 0 Å². The summed E-state index contributed by atoms with van der Waals surface area (Å²) < 4.78 is 7.02. The fraction of sp³-hybridized carbons (Fsp3) is 0.667. The topological polar surface area (TPSA) is 47.3 Å². The van der Waals surface area contributed by atoms with Gasteiger partial charge in [0.25, 0.3) is 0 Å². The minimum Gasteiger partial charge on any atom is -0.390 e. The van der Waals surface area contributed by atoms with Gasteiger partial charge in [0.2, 0.25) is 0 Å². The molecule has 1 fully saturated rings. The number of hydrogen-bond donors (Lipinski definition) is 1. The van der Waals surface area contributed by atoms with Crippen molar-refractivity contribution in [3.05, 3.63) is 17.5 Å². The van der Waals surface area contributed by atoms with E-state index in [0.29, 0.717) is 13.2 Å². The van der Waals surface area contributed by atoms with Gasteiger partial charge in [0, 0.05) is 24.2 Å². The predicted molar refractivity (Wildman–Crippen MR) is 47.5 cm³/mol. The summed E-state index contributed by atoms with van der Waals surface area (Å²) in [6.45, 7) is 3.06. The molecule has 0 amide bonds. The summed E-state index contributed by atoms with van der Waals surface area (Å²) in [4.78, 5) is 0. The van der Waals surface area contributed by atoms with Crippen LogP contribution in [0.2, 0.25) is 0 Å². The Bertz CT molecular complexity index is 309. The quantitative estimate of drug-likeness (QED) is 0.675. The molecule has 1 aromatic heterocycles. The van der Waals surface area contributed by atoms with Crippen LogP contribution in [0.4, 0.5) is 0 Å². The molecule has 0 unspecified atom stereocenters. The Morgan fingerprint density at radius 3 is 2.85 bits per heavy atom. The first-order valence-electron chi connectivity index (χ1n) is 4.44. The largest absolute Gasteiger partial charge is 0.390 e. The average Bonchev–Trinajstić information content (AvgIpc) is 2.62. The molecule has 2 rings (SSSR count). The van der Waals surface area contributed by atoms with Crippen LogP contribution < -0.4 is 0 Å². The summed E-state index contributed by atoms with van der Waals surface area (Å²) in [6, 6.07) is 0. The summed E-state index contributed by atoms with van der Waals surface area (Å²) in [5.41, 5.74) is 2.21. The smallest absolute Gasteiger partial charge is 0.0865 e. The zero-order valence-corrected chi connectivity index (χ0v) is 7.90. The second-order valence-corrected chi connectivity index (χ2v) is 3.52. The average molecular weight is 182 g/mol. The second-order valence-electron chi connectivity index (χ2n) is 3.52. The van der Waals surface area contributed by atoms with Gasteiger partial charge in [-0.25, -0.2) is 0 Å². The maximum atomic E-state index is 9.61. The normalized spacial score (nSPS) is 28.2. The maximum Gasteiger partial charge on any atom is 0.0865 e. The van der Waals surface area contributed by atoms with Crippen LogP contribution in [0, 0.1) is 6.92 Å². The molecule has 0 bridgehead atoms.